The van der Waals surface area contributed by atoms with Crippen LogP contribution in [0.3, 0.4) is 0 Å². The Labute approximate surface area is 122 Å². The fourth-order valence-corrected chi connectivity index (χ4v) is 2.90. The molecule has 1 atom stereocenters. The average molecular weight is 293 g/mol. The standard InChI is InChI=1S/C14H19N3O2S/c1-5-9-6-10-12(15-7-16-13(10)20-9)17-11(8(2)3)14(18)19-4/h6-8,11H,5H2,1-4H3,(H,15,16,17). The molecule has 2 aromatic heterocycles. The van der Waals surface area contributed by atoms with Crippen molar-refractivity contribution in [3.05, 3.63) is 17.3 Å². The minimum Gasteiger partial charge on any atom is -0.467 e. The van der Waals surface area contributed by atoms with E-state index < -0.39 is 6.04 Å². The predicted octanol–water partition coefficient (Wildman–Crippen LogP) is 2.86. The number of esters is 1. The van der Waals surface area contributed by atoms with Crippen LogP contribution in [0.15, 0.2) is 12.4 Å². The first kappa shape index (κ1) is 14.7. The topological polar surface area (TPSA) is 64.1 Å². The van der Waals surface area contributed by atoms with Gasteiger partial charge in [0.1, 0.15) is 23.0 Å². The Morgan fingerprint density at radius 1 is 1.45 bits per heavy atom. The molecule has 1 N–H and O–H groups in total. The first-order chi connectivity index (χ1) is 9.56. The zero-order valence-corrected chi connectivity index (χ0v) is 13.0. The normalized spacial score (nSPS) is 12.7. The molecule has 0 spiro atoms. The second-order valence-electron chi connectivity index (χ2n) is 4.90. The minimum absolute atomic E-state index is 0.108. The van der Waals surface area contributed by atoms with Crippen molar-refractivity contribution < 1.29 is 9.53 Å². The summed E-state index contributed by atoms with van der Waals surface area (Å²) in [5.41, 5.74) is 0. The second-order valence-corrected chi connectivity index (χ2v) is 6.01. The van der Waals surface area contributed by atoms with Crippen molar-refractivity contribution in [3.63, 3.8) is 0 Å². The number of anilines is 1. The lowest BCUT2D eigenvalue weighted by atomic mass is 10.0. The molecule has 20 heavy (non-hydrogen) atoms. The molecule has 0 aromatic carbocycles. The van der Waals surface area contributed by atoms with Gasteiger partial charge in [-0.2, -0.15) is 0 Å². The molecular formula is C14H19N3O2S. The van der Waals surface area contributed by atoms with Gasteiger partial charge in [-0.3, -0.25) is 0 Å². The fourth-order valence-electron chi connectivity index (χ4n) is 1.97. The Balaban J connectivity index is 2.36. The number of nitrogens with one attached hydrogen (secondary N) is 1. The molecule has 0 aliphatic heterocycles. The Kier molecular flexibility index (Phi) is 4.54. The van der Waals surface area contributed by atoms with Crippen LogP contribution >= 0.6 is 11.3 Å². The first-order valence-electron chi connectivity index (χ1n) is 6.64. The Morgan fingerprint density at radius 2 is 2.20 bits per heavy atom. The fraction of sp³-hybridized carbons (Fsp3) is 0.500. The number of methoxy groups -OCH3 is 1. The molecule has 0 saturated heterocycles. The third-order valence-corrected chi connectivity index (χ3v) is 4.33. The van der Waals surface area contributed by atoms with Crippen LogP contribution in [0.2, 0.25) is 0 Å². The van der Waals surface area contributed by atoms with Gasteiger partial charge in [0.2, 0.25) is 0 Å². The predicted molar refractivity (Wildman–Crippen MR) is 81.1 cm³/mol. The molecule has 2 heterocycles. The molecule has 0 bridgehead atoms. The van der Waals surface area contributed by atoms with E-state index in [1.165, 1.54) is 18.3 Å². The van der Waals surface area contributed by atoms with E-state index in [2.05, 4.69) is 28.3 Å². The third kappa shape index (κ3) is 2.90. The maximum absolute atomic E-state index is 11.8. The Hall–Kier alpha value is -1.69. The molecular weight excluding hydrogens is 274 g/mol. The van der Waals surface area contributed by atoms with E-state index in [1.54, 1.807) is 11.3 Å². The molecule has 2 rings (SSSR count). The van der Waals surface area contributed by atoms with Crippen LogP contribution in [0.5, 0.6) is 0 Å². The van der Waals surface area contributed by atoms with Gasteiger partial charge in [-0.05, 0) is 18.4 Å². The van der Waals surface area contributed by atoms with Crippen LogP contribution in [-0.2, 0) is 16.0 Å². The zero-order chi connectivity index (χ0) is 14.7. The number of rotatable bonds is 5. The van der Waals surface area contributed by atoms with Crippen LogP contribution < -0.4 is 5.32 Å². The molecule has 0 amide bonds. The average Bonchev–Trinajstić information content (AvgIpc) is 2.87. The van der Waals surface area contributed by atoms with Gasteiger partial charge in [0, 0.05) is 4.88 Å². The van der Waals surface area contributed by atoms with Gasteiger partial charge in [-0.1, -0.05) is 20.8 Å². The Morgan fingerprint density at radius 3 is 2.80 bits per heavy atom. The number of aromatic nitrogens is 2. The maximum Gasteiger partial charge on any atom is 0.328 e. The van der Waals surface area contributed by atoms with Crippen LogP contribution in [0.1, 0.15) is 25.6 Å². The van der Waals surface area contributed by atoms with Gasteiger partial charge < -0.3 is 10.1 Å². The summed E-state index contributed by atoms with van der Waals surface area (Å²) < 4.78 is 4.84. The highest BCUT2D eigenvalue weighted by Gasteiger charge is 2.24. The molecule has 6 heteroatoms. The lowest BCUT2D eigenvalue weighted by Crippen LogP contribution is -2.35. The SMILES string of the molecule is CCc1cc2c(NC(C(=O)OC)C(C)C)ncnc2s1. The molecule has 0 aliphatic carbocycles. The molecule has 108 valence electrons. The van der Waals surface area contributed by atoms with E-state index >= 15 is 0 Å². The number of carbonyl (C=O) groups excluding carboxylic acids is 1. The van der Waals surface area contributed by atoms with Crippen LogP contribution in [0.25, 0.3) is 10.2 Å². The molecule has 2 aromatic rings. The van der Waals surface area contributed by atoms with Crippen molar-refractivity contribution in [1.29, 1.82) is 0 Å². The quantitative estimate of drug-likeness (QED) is 0.859. The number of hydrogen-bond acceptors (Lipinski definition) is 6. The summed E-state index contributed by atoms with van der Waals surface area (Å²) in [6.45, 7) is 6.05. The maximum atomic E-state index is 11.8. The summed E-state index contributed by atoms with van der Waals surface area (Å²) in [6, 6.07) is 1.67. The summed E-state index contributed by atoms with van der Waals surface area (Å²) >= 11 is 1.65. The van der Waals surface area contributed by atoms with E-state index in [0.29, 0.717) is 5.82 Å². The lowest BCUT2D eigenvalue weighted by molar-refractivity contribution is -0.142. The lowest BCUT2D eigenvalue weighted by Gasteiger charge is -2.20. The van der Waals surface area contributed by atoms with Crippen molar-refractivity contribution >= 4 is 33.3 Å². The highest BCUT2D eigenvalue weighted by Crippen LogP contribution is 2.29. The highest BCUT2D eigenvalue weighted by molar-refractivity contribution is 7.18. The van der Waals surface area contributed by atoms with E-state index in [4.69, 9.17) is 4.74 Å². The highest BCUT2D eigenvalue weighted by atomic mass is 32.1. The van der Waals surface area contributed by atoms with E-state index in [-0.39, 0.29) is 11.9 Å². The molecule has 1 unspecified atom stereocenters. The van der Waals surface area contributed by atoms with Gasteiger partial charge in [0.25, 0.3) is 0 Å². The minimum atomic E-state index is -0.414. The molecule has 0 saturated carbocycles. The zero-order valence-electron chi connectivity index (χ0n) is 12.1. The third-order valence-electron chi connectivity index (χ3n) is 3.14. The number of nitrogens with zero attached hydrogens (tertiary/aromatic N) is 2. The molecule has 5 nitrogen and oxygen atoms in total. The number of ether oxygens (including phenoxy) is 1. The van der Waals surface area contributed by atoms with Crippen LogP contribution in [-0.4, -0.2) is 29.1 Å². The number of carbonyl (C=O) groups is 1. The van der Waals surface area contributed by atoms with Crippen LogP contribution in [0, 0.1) is 5.92 Å². The monoisotopic (exact) mass is 293 g/mol. The van der Waals surface area contributed by atoms with Gasteiger partial charge in [0.15, 0.2) is 0 Å². The molecule has 0 fully saturated rings. The summed E-state index contributed by atoms with van der Waals surface area (Å²) in [4.78, 5) is 22.6. The Bertz CT molecular complexity index is 609. The van der Waals surface area contributed by atoms with Gasteiger partial charge in [0.05, 0.1) is 12.5 Å². The van der Waals surface area contributed by atoms with E-state index in [1.807, 2.05) is 13.8 Å². The number of thiophene rings is 1. The van der Waals surface area contributed by atoms with Gasteiger partial charge in [-0.15, -0.1) is 11.3 Å². The second kappa shape index (κ2) is 6.17. The number of fused-ring (bicyclic) bond motifs is 1. The van der Waals surface area contributed by atoms with Crippen molar-refractivity contribution in [2.24, 2.45) is 5.92 Å². The van der Waals surface area contributed by atoms with Crippen LogP contribution in [0.4, 0.5) is 5.82 Å². The van der Waals surface area contributed by atoms with Crippen molar-refractivity contribution in [2.45, 2.75) is 33.2 Å². The van der Waals surface area contributed by atoms with Crippen molar-refractivity contribution in [3.8, 4) is 0 Å². The van der Waals surface area contributed by atoms with E-state index in [9.17, 15) is 4.79 Å². The summed E-state index contributed by atoms with van der Waals surface area (Å²) in [6.07, 6.45) is 2.49. The smallest absolute Gasteiger partial charge is 0.328 e. The van der Waals surface area contributed by atoms with Gasteiger partial charge in [-0.25, -0.2) is 14.8 Å². The molecule has 0 aliphatic rings. The first-order valence-corrected chi connectivity index (χ1v) is 7.46. The van der Waals surface area contributed by atoms with Gasteiger partial charge >= 0.3 is 5.97 Å². The van der Waals surface area contributed by atoms with Crippen molar-refractivity contribution in [1.82, 2.24) is 9.97 Å². The van der Waals surface area contributed by atoms with Crippen molar-refractivity contribution in [2.75, 3.05) is 12.4 Å². The summed E-state index contributed by atoms with van der Waals surface area (Å²) in [5.74, 6) is 0.518. The van der Waals surface area contributed by atoms with E-state index in [0.717, 1.165) is 16.6 Å². The number of hydrogen-bond donors (Lipinski definition) is 1. The summed E-state index contributed by atoms with van der Waals surface area (Å²) in [7, 11) is 1.40. The molecule has 0 radical (unpaired) electrons. The summed E-state index contributed by atoms with van der Waals surface area (Å²) in [5, 5.41) is 4.15. The largest absolute Gasteiger partial charge is 0.467 e. The number of aryl methyl sites for hydroxylation is 1.